The first kappa shape index (κ1) is 20.5. The van der Waals surface area contributed by atoms with Crippen LogP contribution in [-0.4, -0.2) is 40.3 Å². The Hall–Kier alpha value is -2.78. The maximum absolute atomic E-state index is 12.2. The molecule has 144 valence electrons. The predicted molar refractivity (Wildman–Crippen MR) is 102 cm³/mol. The van der Waals surface area contributed by atoms with Crippen molar-refractivity contribution < 1.29 is 27.5 Å². The second-order valence-electron chi connectivity index (χ2n) is 5.39. The number of carbonyl (C=O) groups is 2. The predicted octanol–water partition coefficient (Wildman–Crippen LogP) is 2.52. The van der Waals surface area contributed by atoms with Gasteiger partial charge in [0.15, 0.2) is 6.61 Å². The van der Waals surface area contributed by atoms with Crippen LogP contribution in [0.3, 0.4) is 0 Å². The van der Waals surface area contributed by atoms with E-state index in [9.17, 15) is 18.0 Å². The third-order valence-electron chi connectivity index (χ3n) is 3.21. The molecule has 0 aliphatic rings. The van der Waals surface area contributed by atoms with Crippen molar-refractivity contribution in [1.82, 2.24) is 0 Å². The van der Waals surface area contributed by atoms with E-state index in [0.717, 1.165) is 6.26 Å². The summed E-state index contributed by atoms with van der Waals surface area (Å²) in [5.74, 6) is -0.973. The number of para-hydroxylation sites is 1. The van der Waals surface area contributed by atoms with Crippen LogP contribution in [0.4, 0.5) is 11.4 Å². The van der Waals surface area contributed by atoms with E-state index in [1.54, 1.807) is 24.3 Å². The van der Waals surface area contributed by atoms with Gasteiger partial charge in [0.1, 0.15) is 5.75 Å². The Balaban J connectivity index is 1.99. The minimum Gasteiger partial charge on any atom is -0.495 e. The van der Waals surface area contributed by atoms with Crippen LogP contribution in [-0.2, 0) is 19.6 Å². The summed E-state index contributed by atoms with van der Waals surface area (Å²) >= 11 is 5.97. The van der Waals surface area contributed by atoms with Gasteiger partial charge in [-0.25, -0.2) is 13.2 Å². The van der Waals surface area contributed by atoms with Crippen molar-refractivity contribution in [2.75, 3.05) is 30.0 Å². The number of anilines is 2. The molecule has 0 heterocycles. The van der Waals surface area contributed by atoms with Crippen LogP contribution in [0.2, 0.25) is 5.02 Å². The number of methoxy groups -OCH3 is 1. The molecular weight excluding hydrogens is 396 g/mol. The average Bonchev–Trinajstić information content (AvgIpc) is 2.59. The topological polar surface area (TPSA) is 111 Å². The van der Waals surface area contributed by atoms with Crippen LogP contribution >= 0.6 is 11.6 Å². The van der Waals surface area contributed by atoms with Gasteiger partial charge in [0, 0.05) is 5.69 Å². The molecule has 0 aromatic heterocycles. The average molecular weight is 413 g/mol. The Morgan fingerprint density at radius 1 is 1.15 bits per heavy atom. The van der Waals surface area contributed by atoms with Gasteiger partial charge in [-0.3, -0.25) is 9.52 Å². The second-order valence-corrected chi connectivity index (χ2v) is 7.55. The largest absolute Gasteiger partial charge is 0.495 e. The molecule has 0 saturated carbocycles. The highest BCUT2D eigenvalue weighted by Gasteiger charge is 2.16. The zero-order valence-corrected chi connectivity index (χ0v) is 16.1. The normalized spacial score (nSPS) is 10.8. The van der Waals surface area contributed by atoms with Gasteiger partial charge in [-0.2, -0.15) is 0 Å². The van der Waals surface area contributed by atoms with E-state index >= 15 is 0 Å². The van der Waals surface area contributed by atoms with E-state index in [0.29, 0.717) is 16.5 Å². The molecule has 1 amide bonds. The fourth-order valence-corrected chi connectivity index (χ4v) is 2.94. The minimum absolute atomic E-state index is 0.0109. The number of rotatable bonds is 7. The second kappa shape index (κ2) is 8.74. The number of benzene rings is 2. The maximum atomic E-state index is 12.2. The maximum Gasteiger partial charge on any atom is 0.340 e. The fraction of sp³-hybridized carbons (Fsp3) is 0.176. The summed E-state index contributed by atoms with van der Waals surface area (Å²) in [6.45, 7) is -0.560. The van der Waals surface area contributed by atoms with Crippen LogP contribution in [0.15, 0.2) is 42.5 Å². The van der Waals surface area contributed by atoms with E-state index in [1.165, 1.54) is 25.3 Å². The fourth-order valence-electron chi connectivity index (χ4n) is 2.10. The Morgan fingerprint density at radius 2 is 1.85 bits per heavy atom. The van der Waals surface area contributed by atoms with Crippen LogP contribution in [0.25, 0.3) is 0 Å². The molecule has 0 fully saturated rings. The molecule has 2 aromatic carbocycles. The molecule has 27 heavy (non-hydrogen) atoms. The zero-order chi connectivity index (χ0) is 20.0. The monoisotopic (exact) mass is 412 g/mol. The van der Waals surface area contributed by atoms with Gasteiger partial charge >= 0.3 is 5.97 Å². The van der Waals surface area contributed by atoms with Crippen molar-refractivity contribution >= 4 is 44.9 Å². The van der Waals surface area contributed by atoms with Crippen molar-refractivity contribution in [2.24, 2.45) is 0 Å². The van der Waals surface area contributed by atoms with E-state index < -0.39 is 28.5 Å². The summed E-state index contributed by atoms with van der Waals surface area (Å²) in [6, 6.07) is 10.6. The number of sulfonamides is 1. The first-order valence-electron chi connectivity index (χ1n) is 7.57. The smallest absolute Gasteiger partial charge is 0.340 e. The standard InChI is InChI=1S/C17H17ClN2O6S/c1-25-15-8-7-11(9-13(15)18)19-16(21)10-26-17(22)12-5-3-4-6-14(12)20-27(2,23)24/h3-9,20H,10H2,1-2H3,(H,19,21). The zero-order valence-electron chi connectivity index (χ0n) is 14.5. The molecule has 0 spiro atoms. The van der Waals surface area contributed by atoms with Crippen molar-refractivity contribution in [3.05, 3.63) is 53.1 Å². The highest BCUT2D eigenvalue weighted by atomic mass is 35.5. The summed E-state index contributed by atoms with van der Waals surface area (Å²) in [7, 11) is -2.11. The van der Waals surface area contributed by atoms with Gasteiger partial charge in [0.2, 0.25) is 10.0 Å². The van der Waals surface area contributed by atoms with Crippen molar-refractivity contribution in [3.63, 3.8) is 0 Å². The van der Waals surface area contributed by atoms with Crippen LogP contribution in [0, 0.1) is 0 Å². The number of carbonyl (C=O) groups excluding carboxylic acids is 2. The molecule has 2 aromatic rings. The first-order chi connectivity index (χ1) is 12.7. The number of amides is 1. The molecule has 0 aliphatic heterocycles. The molecule has 0 radical (unpaired) electrons. The molecule has 2 N–H and O–H groups in total. The minimum atomic E-state index is -3.57. The summed E-state index contributed by atoms with van der Waals surface area (Å²) in [5.41, 5.74) is 0.455. The third-order valence-corrected chi connectivity index (χ3v) is 4.10. The third kappa shape index (κ3) is 6.15. The SMILES string of the molecule is COc1ccc(NC(=O)COC(=O)c2ccccc2NS(C)(=O)=O)cc1Cl. The van der Waals surface area contributed by atoms with Gasteiger partial charge in [-0.15, -0.1) is 0 Å². The highest BCUT2D eigenvalue weighted by molar-refractivity contribution is 7.92. The molecule has 2 rings (SSSR count). The lowest BCUT2D eigenvalue weighted by molar-refractivity contribution is -0.119. The van der Waals surface area contributed by atoms with E-state index in [2.05, 4.69) is 10.0 Å². The first-order valence-corrected chi connectivity index (χ1v) is 9.84. The van der Waals surface area contributed by atoms with E-state index in [1.807, 2.05) is 0 Å². The number of halogens is 1. The van der Waals surface area contributed by atoms with Gasteiger partial charge in [0.25, 0.3) is 5.91 Å². The Morgan fingerprint density at radius 3 is 2.48 bits per heavy atom. The Kier molecular flexibility index (Phi) is 6.65. The molecule has 8 nitrogen and oxygen atoms in total. The Bertz CT molecular complexity index is 962. The summed E-state index contributed by atoms with van der Waals surface area (Å²) in [6.07, 6.45) is 0.961. The number of hydrogen-bond acceptors (Lipinski definition) is 6. The number of nitrogens with one attached hydrogen (secondary N) is 2. The van der Waals surface area contributed by atoms with Gasteiger partial charge in [0.05, 0.1) is 29.6 Å². The lowest BCUT2D eigenvalue weighted by Crippen LogP contribution is -2.22. The van der Waals surface area contributed by atoms with Crippen LogP contribution in [0.1, 0.15) is 10.4 Å². The van der Waals surface area contributed by atoms with Gasteiger partial charge in [-0.1, -0.05) is 23.7 Å². The molecule has 10 heteroatoms. The highest BCUT2D eigenvalue weighted by Crippen LogP contribution is 2.27. The molecular formula is C17H17ClN2O6S. The van der Waals surface area contributed by atoms with E-state index in [-0.39, 0.29) is 11.3 Å². The van der Waals surface area contributed by atoms with Gasteiger partial charge < -0.3 is 14.8 Å². The summed E-state index contributed by atoms with van der Waals surface area (Å²) < 4.78 is 34.9. The summed E-state index contributed by atoms with van der Waals surface area (Å²) in [5, 5.41) is 2.84. The molecule has 0 aliphatic carbocycles. The molecule has 0 unspecified atom stereocenters. The number of ether oxygens (including phenoxy) is 2. The summed E-state index contributed by atoms with van der Waals surface area (Å²) in [4.78, 5) is 24.1. The van der Waals surface area contributed by atoms with Crippen LogP contribution in [0.5, 0.6) is 5.75 Å². The lowest BCUT2D eigenvalue weighted by atomic mass is 10.2. The van der Waals surface area contributed by atoms with Crippen molar-refractivity contribution in [1.29, 1.82) is 0 Å². The van der Waals surface area contributed by atoms with Crippen molar-refractivity contribution in [3.8, 4) is 5.75 Å². The van der Waals surface area contributed by atoms with Gasteiger partial charge in [-0.05, 0) is 30.3 Å². The van der Waals surface area contributed by atoms with Crippen molar-refractivity contribution in [2.45, 2.75) is 0 Å². The Labute approximate surface area is 161 Å². The van der Waals surface area contributed by atoms with E-state index in [4.69, 9.17) is 21.1 Å². The number of esters is 1. The molecule has 0 bridgehead atoms. The van der Waals surface area contributed by atoms with Crippen LogP contribution < -0.4 is 14.8 Å². The quantitative estimate of drug-likeness (QED) is 0.676. The lowest BCUT2D eigenvalue weighted by Gasteiger charge is -2.11. The number of hydrogen-bond donors (Lipinski definition) is 2. The molecule has 0 atom stereocenters. The molecule has 0 saturated heterocycles.